The molecule has 0 fully saturated rings. The van der Waals surface area contributed by atoms with E-state index in [0.29, 0.717) is 11.0 Å². The number of hydrogen-bond donors (Lipinski definition) is 2. The van der Waals surface area contributed by atoms with E-state index in [1.807, 2.05) is 54.6 Å². The Morgan fingerprint density at radius 3 is 2.51 bits per heavy atom. The molecule has 5 rings (SSSR count). The average Bonchev–Trinajstić information content (AvgIpc) is 3.30. The molecule has 7 nitrogen and oxygen atoms in total. The third kappa shape index (κ3) is 5.14. The largest absolute Gasteiger partial charge is 0.486 e. The lowest BCUT2D eigenvalue weighted by Crippen LogP contribution is -2.41. The normalized spacial score (nSPS) is 16.7. The molecule has 2 heterocycles. The first-order valence-corrected chi connectivity index (χ1v) is 12.2. The first-order chi connectivity index (χ1) is 17.1. The third-order valence-corrected chi connectivity index (χ3v) is 6.95. The summed E-state index contributed by atoms with van der Waals surface area (Å²) >= 11 is 1.31. The van der Waals surface area contributed by atoms with Crippen LogP contribution in [0.2, 0.25) is 0 Å². The Morgan fingerprint density at radius 2 is 1.80 bits per heavy atom. The molecule has 0 saturated heterocycles. The van der Waals surface area contributed by atoms with Gasteiger partial charge in [-0.25, -0.2) is 9.07 Å². The molecule has 1 aromatic heterocycles. The number of carbonyl (C=O) groups excluding carboxylic acids is 1. The van der Waals surface area contributed by atoms with Crippen molar-refractivity contribution < 1.29 is 13.9 Å². The van der Waals surface area contributed by atoms with E-state index in [0.717, 1.165) is 23.4 Å². The van der Waals surface area contributed by atoms with Crippen LogP contribution in [0.1, 0.15) is 29.9 Å². The summed E-state index contributed by atoms with van der Waals surface area (Å²) in [6, 6.07) is 22.9. The molecular formula is C26H24FN5O2S. The molecule has 0 unspecified atom stereocenters. The van der Waals surface area contributed by atoms with Crippen molar-refractivity contribution in [1.29, 1.82) is 0 Å². The highest BCUT2D eigenvalue weighted by Gasteiger charge is 2.38. The van der Waals surface area contributed by atoms with Crippen LogP contribution in [0.3, 0.4) is 0 Å². The fraction of sp³-hybridized carbons (Fsp3) is 0.192. The minimum Gasteiger partial charge on any atom is -0.486 e. The number of benzene rings is 3. The summed E-state index contributed by atoms with van der Waals surface area (Å²) < 4.78 is 21.2. The Labute approximate surface area is 206 Å². The molecule has 3 aromatic carbocycles. The van der Waals surface area contributed by atoms with Gasteiger partial charge in [0, 0.05) is 5.69 Å². The molecule has 0 spiro atoms. The SMILES string of the molecule is CCc1ccc(NC(=O)[C@H]2Sc3nnc(COc4ccccc4)n3N[C@@H]2c2ccc(F)cc2)cc1. The predicted molar refractivity (Wildman–Crippen MR) is 133 cm³/mol. The molecule has 1 amide bonds. The zero-order valence-electron chi connectivity index (χ0n) is 19.0. The fourth-order valence-electron chi connectivity index (χ4n) is 3.81. The van der Waals surface area contributed by atoms with Gasteiger partial charge in [0.25, 0.3) is 0 Å². The molecule has 1 aliphatic heterocycles. The van der Waals surface area contributed by atoms with E-state index in [1.165, 1.54) is 29.5 Å². The van der Waals surface area contributed by atoms with Gasteiger partial charge in [0.15, 0.2) is 5.82 Å². The number of fused-ring (bicyclic) bond motifs is 1. The van der Waals surface area contributed by atoms with E-state index >= 15 is 0 Å². The molecule has 35 heavy (non-hydrogen) atoms. The van der Waals surface area contributed by atoms with Crippen molar-refractivity contribution in [2.75, 3.05) is 10.7 Å². The predicted octanol–water partition coefficient (Wildman–Crippen LogP) is 4.96. The monoisotopic (exact) mass is 489 g/mol. The first-order valence-electron chi connectivity index (χ1n) is 11.3. The Morgan fingerprint density at radius 1 is 1.06 bits per heavy atom. The second kappa shape index (κ2) is 10.2. The Bertz CT molecular complexity index is 1300. The standard InChI is InChI=1S/C26H24FN5O2S/c1-2-17-8-14-20(15-9-17)28-25(33)24-23(18-10-12-19(27)13-11-18)31-32-22(29-30-26(32)35-24)16-34-21-6-4-3-5-7-21/h3-15,23-24,31H,2,16H2,1H3,(H,28,33)/t23-,24+/m1/s1. The van der Waals surface area contributed by atoms with Crippen molar-refractivity contribution >= 4 is 23.4 Å². The van der Waals surface area contributed by atoms with E-state index in [4.69, 9.17) is 4.74 Å². The van der Waals surface area contributed by atoms with Gasteiger partial charge in [-0.05, 0) is 53.9 Å². The lowest BCUT2D eigenvalue weighted by atomic mass is 10.0. The fourth-order valence-corrected chi connectivity index (χ4v) is 4.91. The van der Waals surface area contributed by atoms with Crippen LogP contribution in [-0.2, 0) is 17.8 Å². The zero-order valence-corrected chi connectivity index (χ0v) is 19.8. The highest BCUT2D eigenvalue weighted by molar-refractivity contribution is 8.00. The number of para-hydroxylation sites is 1. The molecule has 9 heteroatoms. The van der Waals surface area contributed by atoms with Crippen molar-refractivity contribution in [2.45, 2.75) is 36.4 Å². The molecule has 0 bridgehead atoms. The van der Waals surface area contributed by atoms with Crippen LogP contribution in [0.25, 0.3) is 0 Å². The quantitative estimate of drug-likeness (QED) is 0.382. The Kier molecular flexibility index (Phi) is 6.67. The number of ether oxygens (including phenoxy) is 1. The summed E-state index contributed by atoms with van der Waals surface area (Å²) in [7, 11) is 0. The molecule has 1 aliphatic rings. The number of nitrogens with zero attached hydrogens (tertiary/aromatic N) is 3. The van der Waals surface area contributed by atoms with E-state index in [9.17, 15) is 9.18 Å². The van der Waals surface area contributed by atoms with Crippen LogP contribution < -0.4 is 15.5 Å². The summed E-state index contributed by atoms with van der Waals surface area (Å²) in [5.74, 6) is 0.765. The van der Waals surface area contributed by atoms with Gasteiger partial charge in [-0.1, -0.05) is 61.2 Å². The highest BCUT2D eigenvalue weighted by atomic mass is 32.2. The van der Waals surface area contributed by atoms with Gasteiger partial charge in [-0.2, -0.15) is 0 Å². The summed E-state index contributed by atoms with van der Waals surface area (Å²) in [5.41, 5.74) is 6.04. The number of hydrogen-bond acceptors (Lipinski definition) is 6. The molecule has 0 saturated carbocycles. The number of rotatable bonds is 7. The highest BCUT2D eigenvalue weighted by Crippen LogP contribution is 2.37. The number of carbonyl (C=O) groups is 1. The maximum Gasteiger partial charge on any atom is 0.240 e. The van der Waals surface area contributed by atoms with Gasteiger partial charge in [0.1, 0.15) is 23.4 Å². The minimum atomic E-state index is -0.564. The number of halogens is 1. The average molecular weight is 490 g/mol. The van der Waals surface area contributed by atoms with Crippen molar-refractivity contribution in [3.8, 4) is 5.75 Å². The van der Waals surface area contributed by atoms with E-state index in [2.05, 4.69) is 27.9 Å². The van der Waals surface area contributed by atoms with Crippen LogP contribution in [0.5, 0.6) is 5.75 Å². The van der Waals surface area contributed by atoms with Gasteiger partial charge in [-0.3, -0.25) is 4.79 Å². The van der Waals surface area contributed by atoms with Crippen LogP contribution in [0.15, 0.2) is 84.0 Å². The van der Waals surface area contributed by atoms with Gasteiger partial charge < -0.3 is 15.5 Å². The van der Waals surface area contributed by atoms with Gasteiger partial charge >= 0.3 is 0 Å². The van der Waals surface area contributed by atoms with Gasteiger partial charge in [-0.15, -0.1) is 10.2 Å². The van der Waals surface area contributed by atoms with E-state index in [1.54, 1.807) is 16.8 Å². The van der Waals surface area contributed by atoms with Gasteiger partial charge in [0.2, 0.25) is 11.1 Å². The number of nitrogens with one attached hydrogen (secondary N) is 2. The van der Waals surface area contributed by atoms with Gasteiger partial charge in [0.05, 0.1) is 6.04 Å². The number of aryl methyl sites for hydroxylation is 1. The Balaban J connectivity index is 1.40. The smallest absolute Gasteiger partial charge is 0.240 e. The van der Waals surface area contributed by atoms with Crippen molar-refractivity contribution in [2.24, 2.45) is 0 Å². The Hall–Kier alpha value is -3.85. The molecule has 4 aromatic rings. The van der Waals surface area contributed by atoms with E-state index in [-0.39, 0.29) is 18.3 Å². The van der Waals surface area contributed by atoms with Crippen LogP contribution in [0.4, 0.5) is 10.1 Å². The molecule has 0 aliphatic carbocycles. The summed E-state index contributed by atoms with van der Waals surface area (Å²) in [6.45, 7) is 2.28. The first kappa shape index (κ1) is 22.9. The number of amides is 1. The number of anilines is 1. The van der Waals surface area contributed by atoms with Crippen molar-refractivity contribution in [3.05, 3.63) is 102 Å². The molecular weight excluding hydrogens is 465 g/mol. The molecule has 2 N–H and O–H groups in total. The molecule has 0 radical (unpaired) electrons. The van der Waals surface area contributed by atoms with Crippen LogP contribution in [0, 0.1) is 5.82 Å². The second-order valence-corrected chi connectivity index (χ2v) is 9.18. The maximum absolute atomic E-state index is 13.6. The number of aromatic nitrogens is 3. The summed E-state index contributed by atoms with van der Waals surface area (Å²) in [5, 5.41) is 11.5. The van der Waals surface area contributed by atoms with Crippen molar-refractivity contribution in [3.63, 3.8) is 0 Å². The zero-order chi connectivity index (χ0) is 24.2. The topological polar surface area (TPSA) is 81.1 Å². The maximum atomic E-state index is 13.6. The van der Waals surface area contributed by atoms with Crippen LogP contribution >= 0.6 is 11.8 Å². The number of thioether (sulfide) groups is 1. The molecule has 178 valence electrons. The van der Waals surface area contributed by atoms with Crippen molar-refractivity contribution in [1.82, 2.24) is 14.9 Å². The van der Waals surface area contributed by atoms with Crippen LogP contribution in [-0.4, -0.2) is 26.0 Å². The second-order valence-electron chi connectivity index (χ2n) is 8.07. The minimum absolute atomic E-state index is 0.183. The summed E-state index contributed by atoms with van der Waals surface area (Å²) in [6.07, 6.45) is 0.926. The molecule has 2 atom stereocenters. The third-order valence-electron chi connectivity index (χ3n) is 5.73. The lowest BCUT2D eigenvalue weighted by molar-refractivity contribution is -0.116. The lowest BCUT2D eigenvalue weighted by Gasteiger charge is -2.33. The summed E-state index contributed by atoms with van der Waals surface area (Å²) in [4.78, 5) is 13.4. The van der Waals surface area contributed by atoms with E-state index < -0.39 is 11.3 Å².